The van der Waals surface area contributed by atoms with Gasteiger partial charge in [-0.05, 0) is 6.07 Å². The first-order chi connectivity index (χ1) is 7.74. The Balaban J connectivity index is 2.27. The van der Waals surface area contributed by atoms with Crippen LogP contribution in [0.15, 0.2) is 23.8 Å². The molecule has 3 aromatic rings. The Bertz CT molecular complexity index is 645. The third kappa shape index (κ3) is 1.38. The summed E-state index contributed by atoms with van der Waals surface area (Å²) < 4.78 is 26.3. The van der Waals surface area contributed by atoms with Crippen molar-refractivity contribution in [2.45, 2.75) is 0 Å². The van der Waals surface area contributed by atoms with Gasteiger partial charge in [0, 0.05) is 12.3 Å². The van der Waals surface area contributed by atoms with Crippen LogP contribution in [0.3, 0.4) is 0 Å². The van der Waals surface area contributed by atoms with Crippen molar-refractivity contribution in [3.63, 3.8) is 0 Å². The molecule has 16 heavy (non-hydrogen) atoms. The highest BCUT2D eigenvalue weighted by atomic mass is 32.1. The second-order valence-electron chi connectivity index (χ2n) is 3.23. The van der Waals surface area contributed by atoms with Crippen LogP contribution < -0.4 is 0 Å². The van der Waals surface area contributed by atoms with E-state index in [9.17, 15) is 8.78 Å². The standard InChI is InChI=1S/C10H5F2N3S/c11-5-1-6(12)9-7(2-5)14-10(15-9)8-3-13-4-16-8/h1-4H,(H,14,15). The number of H-pyrrole nitrogens is 1. The maximum atomic E-state index is 13.4. The van der Waals surface area contributed by atoms with Crippen molar-refractivity contribution >= 4 is 22.4 Å². The number of rotatable bonds is 1. The Morgan fingerprint density at radius 3 is 2.88 bits per heavy atom. The molecule has 0 saturated heterocycles. The molecular formula is C10H5F2N3S. The van der Waals surface area contributed by atoms with Crippen LogP contribution in [0.2, 0.25) is 0 Å². The molecule has 2 heterocycles. The molecule has 0 unspecified atom stereocenters. The quantitative estimate of drug-likeness (QED) is 0.707. The zero-order valence-corrected chi connectivity index (χ0v) is 8.68. The van der Waals surface area contributed by atoms with E-state index in [0.717, 1.165) is 10.9 Å². The van der Waals surface area contributed by atoms with Gasteiger partial charge in [-0.15, -0.1) is 11.3 Å². The van der Waals surface area contributed by atoms with Crippen molar-refractivity contribution in [1.82, 2.24) is 15.0 Å². The summed E-state index contributed by atoms with van der Waals surface area (Å²) >= 11 is 1.38. The van der Waals surface area contributed by atoms with Gasteiger partial charge in [0.05, 0.1) is 15.9 Å². The van der Waals surface area contributed by atoms with Crippen LogP contribution in [0.5, 0.6) is 0 Å². The Morgan fingerprint density at radius 2 is 2.12 bits per heavy atom. The Morgan fingerprint density at radius 1 is 1.25 bits per heavy atom. The molecule has 0 radical (unpaired) electrons. The number of aromatic amines is 1. The zero-order chi connectivity index (χ0) is 11.1. The van der Waals surface area contributed by atoms with E-state index in [1.807, 2.05) is 0 Å². The van der Waals surface area contributed by atoms with Crippen molar-refractivity contribution in [2.75, 3.05) is 0 Å². The fourth-order valence-corrected chi connectivity index (χ4v) is 2.06. The summed E-state index contributed by atoms with van der Waals surface area (Å²) in [5.41, 5.74) is 2.14. The molecule has 6 heteroatoms. The monoisotopic (exact) mass is 237 g/mol. The maximum Gasteiger partial charge on any atom is 0.153 e. The van der Waals surface area contributed by atoms with Gasteiger partial charge in [0.25, 0.3) is 0 Å². The zero-order valence-electron chi connectivity index (χ0n) is 7.87. The molecule has 0 saturated carbocycles. The first-order valence-corrected chi connectivity index (χ1v) is 5.35. The van der Waals surface area contributed by atoms with Gasteiger partial charge < -0.3 is 4.98 Å². The maximum absolute atomic E-state index is 13.4. The van der Waals surface area contributed by atoms with Crippen LogP contribution in [0.4, 0.5) is 8.78 Å². The number of nitrogens with zero attached hydrogens (tertiary/aromatic N) is 2. The lowest BCUT2D eigenvalue weighted by atomic mass is 10.3. The number of hydrogen-bond acceptors (Lipinski definition) is 3. The molecule has 3 nitrogen and oxygen atoms in total. The molecule has 0 aliphatic rings. The van der Waals surface area contributed by atoms with Gasteiger partial charge >= 0.3 is 0 Å². The minimum atomic E-state index is -0.665. The lowest BCUT2D eigenvalue weighted by molar-refractivity contribution is 0.591. The predicted molar refractivity (Wildman–Crippen MR) is 57.1 cm³/mol. The highest BCUT2D eigenvalue weighted by molar-refractivity contribution is 7.13. The summed E-state index contributed by atoms with van der Waals surface area (Å²) in [5.74, 6) is -0.784. The average molecular weight is 237 g/mol. The molecule has 3 rings (SSSR count). The summed E-state index contributed by atoms with van der Waals surface area (Å²) in [6.45, 7) is 0. The Labute approximate surface area is 92.8 Å². The fourth-order valence-electron chi connectivity index (χ4n) is 1.49. The van der Waals surface area contributed by atoms with Gasteiger partial charge in [0.1, 0.15) is 17.2 Å². The smallest absolute Gasteiger partial charge is 0.153 e. The molecule has 2 aromatic heterocycles. The molecule has 0 aliphatic heterocycles. The van der Waals surface area contributed by atoms with Crippen molar-refractivity contribution in [3.8, 4) is 10.7 Å². The molecule has 1 aromatic carbocycles. The molecule has 0 atom stereocenters. The first-order valence-electron chi connectivity index (χ1n) is 4.47. The highest BCUT2D eigenvalue weighted by Crippen LogP contribution is 2.25. The van der Waals surface area contributed by atoms with Gasteiger partial charge in [-0.2, -0.15) is 0 Å². The van der Waals surface area contributed by atoms with Crippen LogP contribution in [0.1, 0.15) is 0 Å². The van der Waals surface area contributed by atoms with E-state index in [4.69, 9.17) is 0 Å². The molecule has 80 valence electrons. The summed E-state index contributed by atoms with van der Waals surface area (Å²) in [6.07, 6.45) is 1.62. The third-order valence-corrected chi connectivity index (χ3v) is 2.95. The minimum Gasteiger partial charge on any atom is -0.337 e. The SMILES string of the molecule is Fc1cc(F)c2nc(-c3cncs3)[nH]c2c1. The third-order valence-electron chi connectivity index (χ3n) is 2.17. The van der Waals surface area contributed by atoms with E-state index >= 15 is 0 Å². The normalized spacial score (nSPS) is 11.1. The van der Waals surface area contributed by atoms with Crippen molar-refractivity contribution in [1.29, 1.82) is 0 Å². The number of halogens is 2. The summed E-state index contributed by atoms with van der Waals surface area (Å²) in [7, 11) is 0. The fraction of sp³-hybridized carbons (Fsp3) is 0. The Kier molecular flexibility index (Phi) is 1.97. The molecular weight excluding hydrogens is 232 g/mol. The second-order valence-corrected chi connectivity index (χ2v) is 4.12. The van der Waals surface area contributed by atoms with Crippen LogP contribution in [-0.4, -0.2) is 15.0 Å². The van der Waals surface area contributed by atoms with Gasteiger partial charge in [0.2, 0.25) is 0 Å². The van der Waals surface area contributed by atoms with Crippen LogP contribution in [-0.2, 0) is 0 Å². The van der Waals surface area contributed by atoms with Crippen molar-refractivity contribution < 1.29 is 8.78 Å². The number of fused-ring (bicyclic) bond motifs is 1. The average Bonchev–Trinajstić information content (AvgIpc) is 2.82. The van der Waals surface area contributed by atoms with E-state index in [2.05, 4.69) is 15.0 Å². The second kappa shape index (κ2) is 3.34. The number of hydrogen-bond donors (Lipinski definition) is 1. The Hall–Kier alpha value is -1.82. The lowest BCUT2D eigenvalue weighted by Gasteiger charge is -1.90. The minimum absolute atomic E-state index is 0.143. The number of imidazole rings is 1. The van der Waals surface area contributed by atoms with Crippen molar-refractivity contribution in [3.05, 3.63) is 35.5 Å². The van der Waals surface area contributed by atoms with Crippen molar-refractivity contribution in [2.24, 2.45) is 0 Å². The lowest BCUT2D eigenvalue weighted by Crippen LogP contribution is -1.81. The summed E-state index contributed by atoms with van der Waals surface area (Å²) in [6, 6.07) is 2.04. The number of benzene rings is 1. The molecule has 0 amide bonds. The topological polar surface area (TPSA) is 41.6 Å². The largest absolute Gasteiger partial charge is 0.337 e. The van der Waals surface area contributed by atoms with E-state index in [1.54, 1.807) is 11.7 Å². The van der Waals surface area contributed by atoms with Crippen LogP contribution >= 0.6 is 11.3 Å². The molecule has 0 spiro atoms. The first kappa shape index (κ1) is 9.41. The predicted octanol–water partition coefficient (Wildman–Crippen LogP) is 2.96. The van der Waals surface area contributed by atoms with Crippen LogP contribution in [0.25, 0.3) is 21.7 Å². The van der Waals surface area contributed by atoms with E-state index in [-0.39, 0.29) is 5.52 Å². The number of aromatic nitrogens is 3. The number of nitrogens with one attached hydrogen (secondary N) is 1. The molecule has 0 aliphatic carbocycles. The van der Waals surface area contributed by atoms with E-state index < -0.39 is 11.6 Å². The van der Waals surface area contributed by atoms with Gasteiger partial charge in [0.15, 0.2) is 5.82 Å². The van der Waals surface area contributed by atoms with E-state index in [0.29, 0.717) is 11.3 Å². The summed E-state index contributed by atoms with van der Waals surface area (Å²) in [5, 5.41) is 0. The van der Waals surface area contributed by atoms with Crippen LogP contribution in [0, 0.1) is 11.6 Å². The molecule has 1 N–H and O–H groups in total. The number of thiazole rings is 1. The summed E-state index contributed by atoms with van der Waals surface area (Å²) in [4.78, 5) is 11.6. The van der Waals surface area contributed by atoms with E-state index in [1.165, 1.54) is 17.4 Å². The highest BCUT2D eigenvalue weighted by Gasteiger charge is 2.11. The molecule has 0 fully saturated rings. The van der Waals surface area contributed by atoms with Gasteiger partial charge in [-0.25, -0.2) is 13.8 Å². The molecule has 0 bridgehead atoms. The van der Waals surface area contributed by atoms with Gasteiger partial charge in [-0.3, -0.25) is 4.98 Å². The van der Waals surface area contributed by atoms with Gasteiger partial charge in [-0.1, -0.05) is 0 Å².